The van der Waals surface area contributed by atoms with Gasteiger partial charge in [-0.15, -0.1) is 11.6 Å². The van der Waals surface area contributed by atoms with Crippen molar-refractivity contribution < 1.29 is 9.53 Å². The summed E-state index contributed by atoms with van der Waals surface area (Å²) in [7, 11) is 1.66. The third kappa shape index (κ3) is 2.81. The Morgan fingerprint density at radius 3 is 2.95 bits per heavy atom. The van der Waals surface area contributed by atoms with E-state index in [2.05, 4.69) is 35.0 Å². The minimum atomic E-state index is -0.0440. The maximum absolute atomic E-state index is 12.0. The Bertz CT molecular complexity index is 493. The van der Waals surface area contributed by atoms with Crippen molar-refractivity contribution in [2.24, 2.45) is 0 Å². The van der Waals surface area contributed by atoms with Gasteiger partial charge in [-0.2, -0.15) is 0 Å². The van der Waals surface area contributed by atoms with Gasteiger partial charge in [0.1, 0.15) is 5.88 Å². The molecular formula is C14H17BrClNO2. The van der Waals surface area contributed by atoms with Crippen LogP contribution in [-0.2, 0) is 16.0 Å². The number of aryl methyl sites for hydroxylation is 1. The number of carbonyl (C=O) groups excluding carboxylic acids is 1. The molecule has 0 spiro atoms. The second-order valence-electron chi connectivity index (χ2n) is 4.70. The molecule has 1 atom stereocenters. The molecule has 0 fully saturated rings. The zero-order chi connectivity index (χ0) is 14.0. The molecular weight excluding hydrogens is 330 g/mol. The average Bonchev–Trinajstić information content (AvgIpc) is 2.42. The molecule has 1 heterocycles. The number of hydrogen-bond acceptors (Lipinski definition) is 2. The first-order valence-electron chi connectivity index (χ1n) is 6.22. The summed E-state index contributed by atoms with van der Waals surface area (Å²) >= 11 is 9.31. The summed E-state index contributed by atoms with van der Waals surface area (Å²) in [6.45, 7) is 3.25. The number of halogens is 2. The molecule has 0 radical (unpaired) electrons. The van der Waals surface area contributed by atoms with Crippen LogP contribution in [0.5, 0.6) is 0 Å². The molecule has 1 aromatic carbocycles. The van der Waals surface area contributed by atoms with E-state index in [4.69, 9.17) is 16.3 Å². The Morgan fingerprint density at radius 1 is 1.58 bits per heavy atom. The van der Waals surface area contributed by atoms with Crippen molar-refractivity contribution >= 4 is 33.4 Å². The molecule has 1 aromatic rings. The molecule has 0 aromatic heterocycles. The molecule has 0 saturated heterocycles. The van der Waals surface area contributed by atoms with Crippen molar-refractivity contribution in [1.82, 2.24) is 4.90 Å². The lowest BCUT2D eigenvalue weighted by molar-refractivity contribution is -0.132. The Morgan fingerprint density at radius 2 is 2.32 bits per heavy atom. The maximum Gasteiger partial charge on any atom is 0.238 e. The third-order valence-corrected chi connectivity index (χ3v) is 4.56. The number of alkyl halides is 1. The second-order valence-corrected chi connectivity index (χ2v) is 5.82. The van der Waals surface area contributed by atoms with E-state index in [1.807, 2.05) is 4.90 Å². The Hall–Kier alpha value is -0.580. The molecule has 2 rings (SSSR count). The number of ether oxygens (including phenoxy) is 1. The van der Waals surface area contributed by atoms with E-state index in [-0.39, 0.29) is 17.8 Å². The maximum atomic E-state index is 12.0. The highest BCUT2D eigenvalue weighted by atomic mass is 79.9. The summed E-state index contributed by atoms with van der Waals surface area (Å²) in [4.78, 5) is 13.8. The predicted molar refractivity (Wildman–Crippen MR) is 79.6 cm³/mol. The van der Waals surface area contributed by atoms with E-state index in [0.29, 0.717) is 13.2 Å². The lowest BCUT2D eigenvalue weighted by Crippen LogP contribution is -2.43. The summed E-state index contributed by atoms with van der Waals surface area (Å²) in [6.07, 6.45) is 0.848. The van der Waals surface area contributed by atoms with Gasteiger partial charge < -0.3 is 9.64 Å². The van der Waals surface area contributed by atoms with Crippen LogP contribution in [-0.4, -0.2) is 36.9 Å². The lowest BCUT2D eigenvalue weighted by atomic mass is 9.89. The summed E-state index contributed by atoms with van der Waals surface area (Å²) < 4.78 is 6.41. The monoisotopic (exact) mass is 345 g/mol. The van der Waals surface area contributed by atoms with Crippen LogP contribution in [0.15, 0.2) is 16.6 Å². The minimum absolute atomic E-state index is 0.0165. The molecule has 0 bridgehead atoms. The van der Waals surface area contributed by atoms with Crippen LogP contribution in [0, 0.1) is 6.92 Å². The van der Waals surface area contributed by atoms with E-state index in [0.717, 1.165) is 10.9 Å². The lowest BCUT2D eigenvalue weighted by Gasteiger charge is -2.38. The van der Waals surface area contributed by atoms with E-state index in [9.17, 15) is 4.79 Å². The minimum Gasteiger partial charge on any atom is -0.382 e. The highest BCUT2D eigenvalue weighted by Gasteiger charge is 2.32. The highest BCUT2D eigenvalue weighted by Crippen LogP contribution is 2.36. The van der Waals surface area contributed by atoms with Gasteiger partial charge in [-0.3, -0.25) is 4.79 Å². The van der Waals surface area contributed by atoms with E-state index >= 15 is 0 Å². The van der Waals surface area contributed by atoms with Crippen LogP contribution >= 0.6 is 27.5 Å². The summed E-state index contributed by atoms with van der Waals surface area (Å²) in [5.74, 6) is -0.0171. The van der Waals surface area contributed by atoms with Gasteiger partial charge in [-0.05, 0) is 36.1 Å². The first-order valence-corrected chi connectivity index (χ1v) is 7.55. The standard InChI is InChI=1S/C14H17BrClNO2/c1-9-3-4-11(15)10-5-6-17(13(18)7-16)12(8-19-2)14(9)10/h3-4,12H,5-8H2,1-2H3. The topological polar surface area (TPSA) is 29.5 Å². The van der Waals surface area contributed by atoms with Gasteiger partial charge in [0, 0.05) is 18.1 Å². The molecule has 104 valence electrons. The van der Waals surface area contributed by atoms with Gasteiger partial charge in [0.2, 0.25) is 5.91 Å². The van der Waals surface area contributed by atoms with Crippen LogP contribution in [0.4, 0.5) is 0 Å². The fourth-order valence-electron chi connectivity index (χ4n) is 2.72. The molecule has 1 aliphatic heterocycles. The molecule has 5 heteroatoms. The number of methoxy groups -OCH3 is 1. The summed E-state index contributed by atoms with van der Waals surface area (Å²) in [6, 6.07) is 4.09. The van der Waals surface area contributed by atoms with Crippen LogP contribution in [0.1, 0.15) is 22.7 Å². The highest BCUT2D eigenvalue weighted by molar-refractivity contribution is 9.10. The largest absolute Gasteiger partial charge is 0.382 e. The Balaban J connectivity index is 2.48. The fraction of sp³-hybridized carbons (Fsp3) is 0.500. The fourth-order valence-corrected chi connectivity index (χ4v) is 3.42. The van der Waals surface area contributed by atoms with Crippen molar-refractivity contribution in [3.05, 3.63) is 33.3 Å². The van der Waals surface area contributed by atoms with Crippen molar-refractivity contribution in [1.29, 1.82) is 0 Å². The van der Waals surface area contributed by atoms with Crippen molar-refractivity contribution in [2.75, 3.05) is 26.1 Å². The number of rotatable bonds is 3. The first kappa shape index (κ1) is 14.8. The average molecular weight is 347 g/mol. The predicted octanol–water partition coefficient (Wildman–Crippen LogP) is 3.07. The number of benzene rings is 1. The van der Waals surface area contributed by atoms with E-state index in [1.165, 1.54) is 16.7 Å². The van der Waals surface area contributed by atoms with Gasteiger partial charge >= 0.3 is 0 Å². The number of fused-ring (bicyclic) bond motifs is 1. The molecule has 3 nitrogen and oxygen atoms in total. The zero-order valence-corrected chi connectivity index (χ0v) is 13.4. The van der Waals surface area contributed by atoms with Gasteiger partial charge in [-0.25, -0.2) is 0 Å². The summed E-state index contributed by atoms with van der Waals surface area (Å²) in [5, 5.41) is 0. The normalized spacial score (nSPS) is 18.3. The molecule has 1 amide bonds. The van der Waals surface area contributed by atoms with Crippen LogP contribution in [0.2, 0.25) is 0 Å². The Kier molecular flexibility index (Phi) is 4.87. The first-order chi connectivity index (χ1) is 9.10. The van der Waals surface area contributed by atoms with Crippen LogP contribution in [0.3, 0.4) is 0 Å². The number of carbonyl (C=O) groups is 1. The molecule has 0 saturated carbocycles. The van der Waals surface area contributed by atoms with E-state index in [1.54, 1.807) is 7.11 Å². The molecule has 19 heavy (non-hydrogen) atoms. The number of hydrogen-bond donors (Lipinski definition) is 0. The quantitative estimate of drug-likeness (QED) is 0.787. The molecule has 1 unspecified atom stereocenters. The zero-order valence-electron chi connectivity index (χ0n) is 11.1. The smallest absolute Gasteiger partial charge is 0.238 e. The third-order valence-electron chi connectivity index (χ3n) is 3.59. The van der Waals surface area contributed by atoms with Crippen LogP contribution < -0.4 is 0 Å². The van der Waals surface area contributed by atoms with Crippen LogP contribution in [0.25, 0.3) is 0 Å². The second kappa shape index (κ2) is 6.25. The van der Waals surface area contributed by atoms with Gasteiger partial charge in [0.15, 0.2) is 0 Å². The van der Waals surface area contributed by atoms with Crippen molar-refractivity contribution in [2.45, 2.75) is 19.4 Å². The number of amides is 1. The number of nitrogens with zero attached hydrogens (tertiary/aromatic N) is 1. The molecule has 1 aliphatic rings. The van der Waals surface area contributed by atoms with Gasteiger partial charge in [0.05, 0.1) is 12.6 Å². The SMILES string of the molecule is COCC1c2c(C)ccc(Br)c2CCN1C(=O)CCl. The van der Waals surface area contributed by atoms with Gasteiger partial charge in [-0.1, -0.05) is 22.0 Å². The van der Waals surface area contributed by atoms with Crippen molar-refractivity contribution in [3.8, 4) is 0 Å². The van der Waals surface area contributed by atoms with Gasteiger partial charge in [0.25, 0.3) is 0 Å². The Labute approximate surface area is 127 Å². The van der Waals surface area contributed by atoms with Crippen molar-refractivity contribution in [3.63, 3.8) is 0 Å². The van der Waals surface area contributed by atoms with E-state index < -0.39 is 0 Å². The summed E-state index contributed by atoms with van der Waals surface area (Å²) in [5.41, 5.74) is 3.66. The molecule has 0 N–H and O–H groups in total. The molecule has 0 aliphatic carbocycles.